The molecule has 0 spiro atoms. The van der Waals surface area contributed by atoms with Crippen LogP contribution >= 0.6 is 11.3 Å². The average Bonchev–Trinajstić information content (AvgIpc) is 3.06. The Labute approximate surface area is 137 Å². The number of ether oxygens (including phenoxy) is 2. The number of thiazole rings is 1. The van der Waals surface area contributed by atoms with Crippen LogP contribution in [0.2, 0.25) is 0 Å². The lowest BCUT2D eigenvalue weighted by molar-refractivity contribution is -0.136. The molecule has 0 saturated carbocycles. The first kappa shape index (κ1) is 16.8. The van der Waals surface area contributed by atoms with E-state index in [9.17, 15) is 9.59 Å². The van der Waals surface area contributed by atoms with E-state index in [1.807, 2.05) is 0 Å². The first-order valence-electron chi connectivity index (χ1n) is 6.78. The molecule has 2 N–H and O–H groups in total. The zero-order valence-electron chi connectivity index (χ0n) is 13.0. The zero-order valence-corrected chi connectivity index (χ0v) is 13.8. The number of aromatic nitrogens is 1. The van der Waals surface area contributed by atoms with Gasteiger partial charge in [0.05, 0.1) is 20.3 Å². The monoisotopic (exact) mass is 335 g/mol. The predicted molar refractivity (Wildman–Crippen MR) is 86.8 cm³/mol. The number of amides is 2. The molecule has 23 heavy (non-hydrogen) atoms. The van der Waals surface area contributed by atoms with Crippen molar-refractivity contribution in [3.05, 3.63) is 35.3 Å². The molecule has 2 rings (SSSR count). The number of rotatable bonds is 5. The molecule has 1 aromatic carbocycles. The van der Waals surface area contributed by atoms with Crippen molar-refractivity contribution in [3.8, 4) is 11.5 Å². The molecular weight excluding hydrogens is 318 g/mol. The maximum Gasteiger partial charge on any atom is 0.315 e. The molecule has 1 atom stereocenters. The van der Waals surface area contributed by atoms with Crippen molar-refractivity contribution >= 4 is 28.3 Å². The lowest BCUT2D eigenvalue weighted by Gasteiger charge is -2.16. The molecule has 0 radical (unpaired) electrons. The maximum absolute atomic E-state index is 11.9. The van der Waals surface area contributed by atoms with E-state index in [2.05, 4.69) is 15.6 Å². The van der Waals surface area contributed by atoms with E-state index < -0.39 is 11.8 Å². The van der Waals surface area contributed by atoms with Gasteiger partial charge in [0, 0.05) is 11.6 Å². The van der Waals surface area contributed by atoms with Crippen LogP contribution in [-0.4, -0.2) is 31.0 Å². The number of nitrogens with zero attached hydrogens (tertiary/aromatic N) is 1. The van der Waals surface area contributed by atoms with E-state index in [4.69, 9.17) is 9.47 Å². The Balaban J connectivity index is 2.01. The van der Waals surface area contributed by atoms with Crippen molar-refractivity contribution in [1.29, 1.82) is 0 Å². The fourth-order valence-corrected chi connectivity index (χ4v) is 2.43. The van der Waals surface area contributed by atoms with Crippen molar-refractivity contribution in [3.63, 3.8) is 0 Å². The molecule has 7 nitrogen and oxygen atoms in total. The zero-order chi connectivity index (χ0) is 16.8. The summed E-state index contributed by atoms with van der Waals surface area (Å²) in [6, 6.07) is 4.92. The van der Waals surface area contributed by atoms with E-state index in [1.54, 1.807) is 43.8 Å². The summed E-state index contributed by atoms with van der Waals surface area (Å²) in [6.07, 6.45) is 1.55. The Morgan fingerprint density at radius 1 is 1.17 bits per heavy atom. The van der Waals surface area contributed by atoms with Crippen molar-refractivity contribution in [2.24, 2.45) is 0 Å². The summed E-state index contributed by atoms with van der Waals surface area (Å²) >= 11 is 1.24. The average molecular weight is 335 g/mol. The fraction of sp³-hybridized carbons (Fsp3) is 0.267. The number of carbonyl (C=O) groups is 2. The van der Waals surface area contributed by atoms with Crippen molar-refractivity contribution in [2.75, 3.05) is 19.5 Å². The molecule has 0 bridgehead atoms. The van der Waals surface area contributed by atoms with Crippen LogP contribution in [0, 0.1) is 0 Å². The molecule has 2 aromatic rings. The third-order valence-electron chi connectivity index (χ3n) is 3.11. The van der Waals surface area contributed by atoms with Gasteiger partial charge in [-0.1, -0.05) is 6.07 Å². The Hall–Kier alpha value is -2.61. The standard InChI is InChI=1S/C15H17N3O4S/c1-9(10-4-5-11(21-2)12(8-10)22-3)17-13(19)14(20)18-15-16-6-7-23-15/h4-9H,1-3H3,(H,17,19)(H,16,18,20). The van der Waals surface area contributed by atoms with Crippen LogP contribution in [0.3, 0.4) is 0 Å². The number of carbonyl (C=O) groups excluding carboxylic acids is 2. The molecule has 0 fully saturated rings. The minimum absolute atomic E-state index is 0.371. The van der Waals surface area contributed by atoms with E-state index in [1.165, 1.54) is 18.4 Å². The van der Waals surface area contributed by atoms with Crippen LogP contribution in [0.25, 0.3) is 0 Å². The third kappa shape index (κ3) is 4.19. The van der Waals surface area contributed by atoms with Crippen molar-refractivity contribution < 1.29 is 19.1 Å². The second kappa shape index (κ2) is 7.59. The van der Waals surface area contributed by atoms with Gasteiger partial charge in [0.15, 0.2) is 16.6 Å². The highest BCUT2D eigenvalue weighted by molar-refractivity contribution is 7.13. The summed E-state index contributed by atoms with van der Waals surface area (Å²) in [5.41, 5.74) is 0.790. The number of methoxy groups -OCH3 is 2. The number of hydrogen-bond donors (Lipinski definition) is 2. The minimum Gasteiger partial charge on any atom is -0.493 e. The van der Waals surface area contributed by atoms with E-state index >= 15 is 0 Å². The maximum atomic E-state index is 11.9. The van der Waals surface area contributed by atoms with Crippen LogP contribution in [-0.2, 0) is 9.59 Å². The molecule has 122 valence electrons. The van der Waals surface area contributed by atoms with Gasteiger partial charge in [0.2, 0.25) is 0 Å². The van der Waals surface area contributed by atoms with Crippen LogP contribution < -0.4 is 20.1 Å². The summed E-state index contributed by atoms with van der Waals surface area (Å²) in [6.45, 7) is 1.77. The second-order valence-electron chi connectivity index (χ2n) is 4.60. The van der Waals surface area contributed by atoms with Crippen LogP contribution in [0.15, 0.2) is 29.8 Å². The van der Waals surface area contributed by atoms with Gasteiger partial charge in [-0.25, -0.2) is 4.98 Å². The molecule has 0 aliphatic rings. The first-order valence-corrected chi connectivity index (χ1v) is 7.66. The largest absolute Gasteiger partial charge is 0.493 e. The Morgan fingerprint density at radius 2 is 1.91 bits per heavy atom. The Bertz CT molecular complexity index is 688. The molecule has 0 saturated heterocycles. The summed E-state index contributed by atoms with van der Waals surface area (Å²) in [7, 11) is 3.08. The van der Waals surface area contributed by atoms with Gasteiger partial charge in [-0.2, -0.15) is 0 Å². The van der Waals surface area contributed by atoms with Crippen LogP contribution in [0.1, 0.15) is 18.5 Å². The van der Waals surface area contributed by atoms with Gasteiger partial charge in [0.1, 0.15) is 0 Å². The topological polar surface area (TPSA) is 89.5 Å². The van der Waals surface area contributed by atoms with Gasteiger partial charge in [-0.15, -0.1) is 11.3 Å². The third-order valence-corrected chi connectivity index (χ3v) is 3.80. The molecule has 0 aliphatic carbocycles. The number of nitrogens with one attached hydrogen (secondary N) is 2. The summed E-state index contributed by atoms with van der Waals surface area (Å²) in [4.78, 5) is 27.6. The van der Waals surface area contributed by atoms with Gasteiger partial charge in [-0.3, -0.25) is 14.9 Å². The molecule has 0 aliphatic heterocycles. The Morgan fingerprint density at radius 3 is 2.52 bits per heavy atom. The van der Waals surface area contributed by atoms with Gasteiger partial charge in [0.25, 0.3) is 0 Å². The second-order valence-corrected chi connectivity index (χ2v) is 5.50. The molecular formula is C15H17N3O4S. The Kier molecular flexibility index (Phi) is 5.53. The molecule has 8 heteroatoms. The number of anilines is 1. The van der Waals surface area contributed by atoms with Gasteiger partial charge < -0.3 is 14.8 Å². The highest BCUT2D eigenvalue weighted by atomic mass is 32.1. The summed E-state index contributed by atoms with van der Waals surface area (Å²) < 4.78 is 10.4. The fourth-order valence-electron chi connectivity index (χ4n) is 1.91. The van der Waals surface area contributed by atoms with Crippen LogP contribution in [0.5, 0.6) is 11.5 Å². The van der Waals surface area contributed by atoms with Gasteiger partial charge in [-0.05, 0) is 24.6 Å². The summed E-state index contributed by atoms with van der Waals surface area (Å²) in [5.74, 6) is -0.343. The molecule has 2 amide bonds. The minimum atomic E-state index is -0.757. The van der Waals surface area contributed by atoms with Crippen LogP contribution in [0.4, 0.5) is 5.13 Å². The lowest BCUT2D eigenvalue weighted by Crippen LogP contribution is -2.36. The molecule has 1 aromatic heterocycles. The van der Waals surface area contributed by atoms with Gasteiger partial charge >= 0.3 is 11.8 Å². The molecule has 1 heterocycles. The number of hydrogen-bond acceptors (Lipinski definition) is 6. The molecule has 1 unspecified atom stereocenters. The first-order chi connectivity index (χ1) is 11.0. The quantitative estimate of drug-likeness (QED) is 0.816. The van der Waals surface area contributed by atoms with E-state index in [0.29, 0.717) is 16.6 Å². The van der Waals surface area contributed by atoms with Crippen molar-refractivity contribution in [1.82, 2.24) is 10.3 Å². The highest BCUT2D eigenvalue weighted by Crippen LogP contribution is 2.29. The van der Waals surface area contributed by atoms with E-state index in [-0.39, 0.29) is 6.04 Å². The highest BCUT2D eigenvalue weighted by Gasteiger charge is 2.19. The normalized spacial score (nSPS) is 11.4. The predicted octanol–water partition coefficient (Wildman–Crippen LogP) is 1.98. The summed E-state index contributed by atoms with van der Waals surface area (Å²) in [5, 5.41) is 7.14. The number of benzene rings is 1. The van der Waals surface area contributed by atoms with Crippen molar-refractivity contribution in [2.45, 2.75) is 13.0 Å². The van der Waals surface area contributed by atoms with E-state index in [0.717, 1.165) is 5.56 Å². The lowest BCUT2D eigenvalue weighted by atomic mass is 10.1. The SMILES string of the molecule is COc1ccc(C(C)NC(=O)C(=O)Nc2nccs2)cc1OC. The smallest absolute Gasteiger partial charge is 0.315 e.